The van der Waals surface area contributed by atoms with Gasteiger partial charge in [-0.1, -0.05) is 6.92 Å². The van der Waals surface area contributed by atoms with Gasteiger partial charge in [-0.15, -0.1) is 4.91 Å². The second-order valence-electron chi connectivity index (χ2n) is 3.33. The topological polar surface area (TPSA) is 70.0 Å². The van der Waals surface area contributed by atoms with Crippen molar-refractivity contribution >= 4 is 5.97 Å². The summed E-state index contributed by atoms with van der Waals surface area (Å²) in [6, 6.07) is 0. The number of carbonyl (C=O) groups is 1. The normalized spacial score (nSPS) is 29.9. The Labute approximate surface area is 70.3 Å². The lowest BCUT2D eigenvalue weighted by atomic mass is 9.92. The van der Waals surface area contributed by atoms with E-state index in [4.69, 9.17) is 5.11 Å². The van der Waals surface area contributed by atoms with Crippen LogP contribution < -0.4 is 0 Å². The monoisotopic (exact) mass is 172 g/mol. The number of carboxylic acids is 1. The molecule has 1 aliphatic heterocycles. The van der Waals surface area contributed by atoms with E-state index >= 15 is 0 Å². The van der Waals surface area contributed by atoms with E-state index in [9.17, 15) is 9.70 Å². The lowest BCUT2D eigenvalue weighted by Gasteiger charge is -2.30. The van der Waals surface area contributed by atoms with Crippen LogP contribution in [0.2, 0.25) is 0 Å². The summed E-state index contributed by atoms with van der Waals surface area (Å²) in [4.78, 5) is 20.7. The molecule has 12 heavy (non-hydrogen) atoms. The van der Waals surface area contributed by atoms with Crippen LogP contribution in [-0.2, 0) is 4.79 Å². The second kappa shape index (κ2) is 3.51. The van der Waals surface area contributed by atoms with Crippen LogP contribution in [0.3, 0.4) is 0 Å². The van der Waals surface area contributed by atoms with Crippen molar-refractivity contribution < 1.29 is 9.90 Å². The van der Waals surface area contributed by atoms with Crippen molar-refractivity contribution in [3.63, 3.8) is 0 Å². The molecule has 0 spiro atoms. The molecule has 0 aromatic rings. The number of nitroso groups, excluding NO2 is 1. The minimum Gasteiger partial charge on any atom is -0.481 e. The maximum Gasteiger partial charge on any atom is 0.308 e. The first kappa shape index (κ1) is 8.96. The highest BCUT2D eigenvalue weighted by Gasteiger charge is 2.29. The number of carboxylic acid groups (broad SMARTS) is 1. The molecule has 0 bridgehead atoms. The van der Waals surface area contributed by atoms with Crippen LogP contribution in [-0.4, -0.2) is 29.2 Å². The number of hydrogen-bond acceptors (Lipinski definition) is 3. The smallest absolute Gasteiger partial charge is 0.308 e. The van der Waals surface area contributed by atoms with Gasteiger partial charge in [-0.25, -0.2) is 0 Å². The second-order valence-corrected chi connectivity index (χ2v) is 3.33. The minimum absolute atomic E-state index is 0.234. The molecule has 0 aromatic carbocycles. The molecule has 1 rings (SSSR count). The first-order chi connectivity index (χ1) is 5.63. The molecule has 5 nitrogen and oxygen atoms in total. The average molecular weight is 172 g/mol. The van der Waals surface area contributed by atoms with Crippen molar-refractivity contribution in [3.8, 4) is 0 Å². The van der Waals surface area contributed by atoms with Gasteiger partial charge in [0.25, 0.3) is 0 Å². The van der Waals surface area contributed by atoms with Gasteiger partial charge in [-0.3, -0.25) is 9.80 Å². The predicted octanol–water partition coefficient (Wildman–Crippen LogP) is 0.710. The molecule has 0 saturated carbocycles. The summed E-state index contributed by atoms with van der Waals surface area (Å²) >= 11 is 0. The summed E-state index contributed by atoms with van der Waals surface area (Å²) in [5, 5.41) is 12.7. The van der Waals surface area contributed by atoms with Gasteiger partial charge in [0.05, 0.1) is 17.7 Å². The third-order valence-corrected chi connectivity index (χ3v) is 2.11. The maximum atomic E-state index is 10.6. The fourth-order valence-electron chi connectivity index (χ4n) is 1.57. The third-order valence-electron chi connectivity index (χ3n) is 2.11. The van der Waals surface area contributed by atoms with E-state index in [1.165, 1.54) is 5.01 Å². The molecular weight excluding hydrogens is 160 g/mol. The van der Waals surface area contributed by atoms with Gasteiger partial charge >= 0.3 is 5.97 Å². The molecule has 1 fully saturated rings. The van der Waals surface area contributed by atoms with Gasteiger partial charge in [-0.2, -0.15) is 0 Å². The number of rotatable bonds is 2. The Bertz CT molecular complexity index is 195. The van der Waals surface area contributed by atoms with E-state index in [0.717, 1.165) is 0 Å². The number of piperidine rings is 1. The van der Waals surface area contributed by atoms with Crippen LogP contribution in [0, 0.1) is 16.7 Å². The van der Waals surface area contributed by atoms with Gasteiger partial charge < -0.3 is 5.11 Å². The van der Waals surface area contributed by atoms with Crippen molar-refractivity contribution in [2.45, 2.75) is 13.3 Å². The Morgan fingerprint density at radius 3 is 2.75 bits per heavy atom. The van der Waals surface area contributed by atoms with Crippen molar-refractivity contribution in [2.24, 2.45) is 17.1 Å². The molecule has 0 aromatic heterocycles. The Hall–Kier alpha value is -1.13. The SMILES string of the molecule is CC1CC(C(=O)O)CN(N=O)C1. The van der Waals surface area contributed by atoms with Crippen molar-refractivity contribution in [1.29, 1.82) is 0 Å². The van der Waals surface area contributed by atoms with Gasteiger partial charge in [0.2, 0.25) is 0 Å². The number of aliphatic carboxylic acids is 1. The van der Waals surface area contributed by atoms with E-state index in [0.29, 0.717) is 13.0 Å². The Kier molecular flexibility index (Phi) is 2.62. The fraction of sp³-hybridized carbons (Fsp3) is 0.857. The Balaban J connectivity index is 2.56. The first-order valence-corrected chi connectivity index (χ1v) is 3.94. The highest BCUT2D eigenvalue weighted by molar-refractivity contribution is 5.70. The standard InChI is InChI=1S/C7H12N2O3/c1-5-2-6(7(10)11)4-9(3-5)8-12/h5-6H,2-4H2,1H3,(H,10,11). The summed E-state index contributed by atoms with van der Waals surface area (Å²) in [7, 11) is 0. The Morgan fingerprint density at radius 1 is 1.58 bits per heavy atom. The van der Waals surface area contributed by atoms with Crippen LogP contribution in [0.4, 0.5) is 0 Å². The van der Waals surface area contributed by atoms with Crippen molar-refractivity contribution in [2.75, 3.05) is 13.1 Å². The summed E-state index contributed by atoms with van der Waals surface area (Å²) < 4.78 is 0. The molecule has 0 aliphatic carbocycles. The van der Waals surface area contributed by atoms with E-state index in [2.05, 4.69) is 5.29 Å². The molecule has 68 valence electrons. The summed E-state index contributed by atoms with van der Waals surface area (Å²) in [6.07, 6.45) is 0.640. The van der Waals surface area contributed by atoms with Gasteiger partial charge in [0.15, 0.2) is 0 Å². The molecule has 0 radical (unpaired) electrons. The first-order valence-electron chi connectivity index (χ1n) is 3.94. The molecule has 1 saturated heterocycles. The van der Waals surface area contributed by atoms with Gasteiger partial charge in [0.1, 0.15) is 0 Å². The molecule has 1 N–H and O–H groups in total. The molecule has 0 amide bonds. The number of hydrogen-bond donors (Lipinski definition) is 1. The zero-order valence-corrected chi connectivity index (χ0v) is 6.93. The van der Waals surface area contributed by atoms with E-state index in [-0.39, 0.29) is 12.5 Å². The lowest BCUT2D eigenvalue weighted by molar-refractivity contribution is -0.144. The Morgan fingerprint density at radius 2 is 2.25 bits per heavy atom. The minimum atomic E-state index is -0.838. The third kappa shape index (κ3) is 1.93. The predicted molar refractivity (Wildman–Crippen MR) is 42.3 cm³/mol. The number of nitrogens with zero attached hydrogens (tertiary/aromatic N) is 2. The van der Waals surface area contributed by atoms with Crippen molar-refractivity contribution in [3.05, 3.63) is 4.91 Å². The summed E-state index contributed by atoms with van der Waals surface area (Å²) in [6.45, 7) is 2.75. The van der Waals surface area contributed by atoms with Crippen LogP contribution in [0.15, 0.2) is 5.29 Å². The summed E-state index contributed by atoms with van der Waals surface area (Å²) in [5.41, 5.74) is 0. The van der Waals surface area contributed by atoms with Crippen LogP contribution in [0.25, 0.3) is 0 Å². The molecule has 2 unspecified atom stereocenters. The fourth-order valence-corrected chi connectivity index (χ4v) is 1.57. The van der Waals surface area contributed by atoms with Crippen molar-refractivity contribution in [1.82, 2.24) is 5.01 Å². The largest absolute Gasteiger partial charge is 0.481 e. The average Bonchev–Trinajstić information content (AvgIpc) is 2.03. The zero-order valence-electron chi connectivity index (χ0n) is 6.93. The zero-order chi connectivity index (χ0) is 9.14. The highest BCUT2D eigenvalue weighted by atomic mass is 16.4. The van der Waals surface area contributed by atoms with Crippen LogP contribution in [0.5, 0.6) is 0 Å². The molecule has 1 aliphatic rings. The van der Waals surface area contributed by atoms with Gasteiger partial charge in [0, 0.05) is 6.54 Å². The van der Waals surface area contributed by atoms with Gasteiger partial charge in [-0.05, 0) is 12.3 Å². The summed E-state index contributed by atoms with van der Waals surface area (Å²) in [5.74, 6) is -1.04. The lowest BCUT2D eigenvalue weighted by Crippen LogP contribution is -2.39. The molecule has 2 atom stereocenters. The van der Waals surface area contributed by atoms with E-state index in [1.54, 1.807) is 0 Å². The molecular formula is C7H12N2O3. The molecule has 1 heterocycles. The van der Waals surface area contributed by atoms with Crippen LogP contribution in [0.1, 0.15) is 13.3 Å². The maximum absolute atomic E-state index is 10.6. The highest BCUT2D eigenvalue weighted by Crippen LogP contribution is 2.21. The molecule has 5 heteroatoms. The van der Waals surface area contributed by atoms with E-state index < -0.39 is 11.9 Å². The van der Waals surface area contributed by atoms with E-state index in [1.807, 2.05) is 6.92 Å². The van der Waals surface area contributed by atoms with Crippen LogP contribution >= 0.6 is 0 Å². The quantitative estimate of drug-likeness (QED) is 0.623.